The van der Waals surface area contributed by atoms with Crippen LogP contribution in [-0.4, -0.2) is 12.1 Å². The van der Waals surface area contributed by atoms with Gasteiger partial charge in [0.25, 0.3) is 5.91 Å². The van der Waals surface area contributed by atoms with E-state index in [1.165, 1.54) is 5.56 Å². The molecule has 0 radical (unpaired) electrons. The van der Waals surface area contributed by atoms with Crippen LogP contribution in [0.25, 0.3) is 0 Å². The Morgan fingerprint density at radius 1 is 1.13 bits per heavy atom. The number of hydrogen-bond donors (Lipinski definition) is 1. The van der Waals surface area contributed by atoms with Crippen molar-refractivity contribution < 1.29 is 4.79 Å². The lowest BCUT2D eigenvalue weighted by atomic mass is 9.87. The first-order valence-corrected chi connectivity index (χ1v) is 8.27. The van der Waals surface area contributed by atoms with Crippen LogP contribution in [0.15, 0.2) is 52.0 Å². The molecule has 2 rings (SSSR count). The summed E-state index contributed by atoms with van der Waals surface area (Å²) >= 11 is 3.48. The van der Waals surface area contributed by atoms with E-state index in [0.29, 0.717) is 5.56 Å². The van der Waals surface area contributed by atoms with Gasteiger partial charge in [0.1, 0.15) is 0 Å². The van der Waals surface area contributed by atoms with Gasteiger partial charge in [0.05, 0.1) is 6.21 Å². The van der Waals surface area contributed by atoms with Crippen molar-refractivity contribution in [3.8, 4) is 0 Å². The van der Waals surface area contributed by atoms with Gasteiger partial charge in [-0.15, -0.1) is 0 Å². The quantitative estimate of drug-likeness (QED) is 0.608. The van der Waals surface area contributed by atoms with Gasteiger partial charge in [-0.05, 0) is 47.2 Å². The number of amides is 1. The molecule has 0 bridgehead atoms. The molecule has 1 amide bonds. The Hall–Kier alpha value is -1.94. The zero-order valence-electron chi connectivity index (χ0n) is 13.9. The third-order valence-electron chi connectivity index (χ3n) is 3.59. The number of rotatable bonds is 3. The number of halogens is 1. The highest BCUT2D eigenvalue weighted by Crippen LogP contribution is 2.22. The monoisotopic (exact) mass is 372 g/mol. The van der Waals surface area contributed by atoms with Crippen molar-refractivity contribution in [2.24, 2.45) is 5.10 Å². The van der Waals surface area contributed by atoms with Gasteiger partial charge in [-0.3, -0.25) is 4.79 Å². The van der Waals surface area contributed by atoms with E-state index >= 15 is 0 Å². The number of nitrogens with one attached hydrogen (secondary N) is 1. The minimum atomic E-state index is -0.215. The summed E-state index contributed by atoms with van der Waals surface area (Å²) in [6, 6.07) is 13.5. The van der Waals surface area contributed by atoms with E-state index in [1.807, 2.05) is 49.4 Å². The molecule has 0 aliphatic rings. The van der Waals surface area contributed by atoms with Crippen LogP contribution in [0.2, 0.25) is 0 Å². The topological polar surface area (TPSA) is 41.5 Å². The molecule has 2 aromatic rings. The number of hydrazone groups is 1. The number of carbonyl (C=O) groups excluding carboxylic acids is 1. The summed E-state index contributed by atoms with van der Waals surface area (Å²) in [5.41, 5.74) is 6.50. The smallest absolute Gasteiger partial charge is 0.267 e. The first-order chi connectivity index (χ1) is 10.8. The van der Waals surface area contributed by atoms with Gasteiger partial charge in [0.15, 0.2) is 0 Å². The molecule has 0 aliphatic carbocycles. The molecule has 0 heterocycles. The minimum Gasteiger partial charge on any atom is -0.267 e. The summed E-state index contributed by atoms with van der Waals surface area (Å²) in [5.74, 6) is -0.215. The fourth-order valence-electron chi connectivity index (χ4n) is 2.04. The molecule has 0 unspecified atom stereocenters. The largest absolute Gasteiger partial charge is 0.271 e. The average molecular weight is 373 g/mol. The van der Waals surface area contributed by atoms with E-state index in [-0.39, 0.29) is 11.3 Å². The maximum atomic E-state index is 12.1. The minimum absolute atomic E-state index is 0.0754. The van der Waals surface area contributed by atoms with Gasteiger partial charge in [-0.2, -0.15) is 5.10 Å². The summed E-state index contributed by atoms with van der Waals surface area (Å²) in [4.78, 5) is 12.1. The standard InChI is InChI=1S/C19H21BrN2O/c1-13-5-6-14(11-17(13)20)12-21-22-18(23)15-7-9-16(10-8-15)19(2,3)4/h5-12H,1-4H3,(H,22,23)/b21-12-. The van der Waals surface area contributed by atoms with Gasteiger partial charge in [0.2, 0.25) is 0 Å². The van der Waals surface area contributed by atoms with Gasteiger partial charge in [0, 0.05) is 10.0 Å². The Balaban J connectivity index is 2.01. The highest BCUT2D eigenvalue weighted by molar-refractivity contribution is 9.10. The van der Waals surface area contributed by atoms with Crippen molar-refractivity contribution in [2.75, 3.05) is 0 Å². The second kappa shape index (κ2) is 7.09. The molecule has 0 saturated heterocycles. The van der Waals surface area contributed by atoms with Gasteiger partial charge in [-0.1, -0.05) is 61.0 Å². The lowest BCUT2D eigenvalue weighted by Gasteiger charge is -2.18. The fourth-order valence-corrected chi connectivity index (χ4v) is 2.44. The average Bonchev–Trinajstić information content (AvgIpc) is 2.50. The summed E-state index contributed by atoms with van der Waals surface area (Å²) < 4.78 is 1.02. The Bertz CT molecular complexity index is 728. The van der Waals surface area contributed by atoms with E-state index in [0.717, 1.165) is 15.6 Å². The molecule has 0 aromatic heterocycles. The molecule has 1 N–H and O–H groups in total. The fraction of sp³-hybridized carbons (Fsp3) is 0.263. The maximum absolute atomic E-state index is 12.1. The van der Waals surface area contributed by atoms with Gasteiger partial charge in [-0.25, -0.2) is 5.43 Å². The Morgan fingerprint density at radius 2 is 1.78 bits per heavy atom. The Morgan fingerprint density at radius 3 is 2.35 bits per heavy atom. The van der Waals surface area contributed by atoms with Crippen molar-refractivity contribution in [3.63, 3.8) is 0 Å². The normalized spacial score (nSPS) is 11.7. The molecule has 0 fully saturated rings. The first kappa shape index (κ1) is 17.4. The summed E-state index contributed by atoms with van der Waals surface area (Å²) in [5, 5.41) is 4.01. The van der Waals surface area contributed by atoms with Crippen molar-refractivity contribution in [3.05, 3.63) is 69.2 Å². The molecule has 0 aliphatic heterocycles. The second-order valence-corrected chi connectivity index (χ2v) is 7.39. The SMILES string of the molecule is Cc1ccc(/C=N\NC(=O)c2ccc(C(C)(C)C)cc2)cc1Br. The first-order valence-electron chi connectivity index (χ1n) is 7.47. The van der Waals surface area contributed by atoms with Crippen molar-refractivity contribution in [2.45, 2.75) is 33.1 Å². The number of nitrogens with zero attached hydrogens (tertiary/aromatic N) is 1. The predicted molar refractivity (Wildman–Crippen MR) is 99.1 cm³/mol. The van der Waals surface area contributed by atoms with Gasteiger partial charge < -0.3 is 0 Å². The predicted octanol–water partition coefficient (Wildman–Crippen LogP) is 4.82. The molecule has 120 valence electrons. The number of benzene rings is 2. The van der Waals surface area contributed by atoms with Crippen molar-refractivity contribution >= 4 is 28.1 Å². The van der Waals surface area contributed by atoms with Crippen LogP contribution in [0.1, 0.15) is 47.8 Å². The molecule has 0 spiro atoms. The molecule has 0 atom stereocenters. The van der Waals surface area contributed by atoms with Crippen molar-refractivity contribution in [1.82, 2.24) is 5.43 Å². The number of aryl methyl sites for hydroxylation is 1. The van der Waals surface area contributed by atoms with E-state index in [2.05, 4.69) is 47.2 Å². The molecule has 23 heavy (non-hydrogen) atoms. The third kappa shape index (κ3) is 4.76. The maximum Gasteiger partial charge on any atom is 0.271 e. The lowest BCUT2D eigenvalue weighted by Crippen LogP contribution is -2.18. The van der Waals surface area contributed by atoms with Crippen LogP contribution in [-0.2, 0) is 5.41 Å². The zero-order chi connectivity index (χ0) is 17.0. The lowest BCUT2D eigenvalue weighted by molar-refractivity contribution is 0.0955. The van der Waals surface area contributed by atoms with Crippen molar-refractivity contribution in [1.29, 1.82) is 0 Å². The summed E-state index contributed by atoms with van der Waals surface area (Å²) in [7, 11) is 0. The highest BCUT2D eigenvalue weighted by Gasteiger charge is 2.14. The molecular formula is C19H21BrN2O. The Labute approximate surface area is 145 Å². The summed E-state index contributed by atoms with van der Waals surface area (Å²) in [6.45, 7) is 8.46. The number of carbonyl (C=O) groups is 1. The van der Waals surface area contributed by atoms with E-state index in [4.69, 9.17) is 0 Å². The van der Waals surface area contributed by atoms with Crippen LogP contribution in [0.3, 0.4) is 0 Å². The zero-order valence-corrected chi connectivity index (χ0v) is 15.4. The second-order valence-electron chi connectivity index (χ2n) is 6.54. The van der Waals surface area contributed by atoms with E-state index < -0.39 is 0 Å². The highest BCUT2D eigenvalue weighted by atomic mass is 79.9. The molecular weight excluding hydrogens is 352 g/mol. The van der Waals surface area contributed by atoms with Crippen LogP contribution < -0.4 is 5.43 Å². The van der Waals surface area contributed by atoms with Crippen LogP contribution >= 0.6 is 15.9 Å². The van der Waals surface area contributed by atoms with E-state index in [9.17, 15) is 4.79 Å². The summed E-state index contributed by atoms with van der Waals surface area (Å²) in [6.07, 6.45) is 1.63. The van der Waals surface area contributed by atoms with Crippen LogP contribution in [0.4, 0.5) is 0 Å². The van der Waals surface area contributed by atoms with Crippen LogP contribution in [0.5, 0.6) is 0 Å². The van der Waals surface area contributed by atoms with E-state index in [1.54, 1.807) is 6.21 Å². The van der Waals surface area contributed by atoms with Crippen LogP contribution in [0, 0.1) is 6.92 Å². The number of hydrogen-bond acceptors (Lipinski definition) is 2. The molecule has 4 heteroatoms. The molecule has 0 saturated carbocycles. The van der Waals surface area contributed by atoms with Gasteiger partial charge >= 0.3 is 0 Å². The molecule has 2 aromatic carbocycles. The molecule has 3 nitrogen and oxygen atoms in total. The third-order valence-corrected chi connectivity index (χ3v) is 4.44. The Kier molecular flexibility index (Phi) is 5.37.